The predicted octanol–water partition coefficient (Wildman–Crippen LogP) is 4.97. The fraction of sp³-hybridized carbons (Fsp3) is 0.400. The van der Waals surface area contributed by atoms with Crippen LogP contribution in [0.15, 0.2) is 36.4 Å². The van der Waals surface area contributed by atoms with Crippen LogP contribution in [0.2, 0.25) is 0 Å². The molecule has 0 bridgehead atoms. The Balaban J connectivity index is 1.90. The van der Waals surface area contributed by atoms with E-state index in [-0.39, 0.29) is 0 Å². The smallest absolute Gasteiger partial charge is 0.191 e. The lowest BCUT2D eigenvalue weighted by molar-refractivity contribution is 0.616. The zero-order valence-electron chi connectivity index (χ0n) is 9.98. The molecule has 1 aromatic carbocycles. The fourth-order valence-electron chi connectivity index (χ4n) is 2.12. The zero-order valence-corrected chi connectivity index (χ0v) is 10.8. The quantitative estimate of drug-likeness (QED) is 0.535. The van der Waals surface area contributed by atoms with Crippen molar-refractivity contribution in [2.45, 2.75) is 36.7 Å². The minimum atomic E-state index is 0.749. The summed E-state index contributed by atoms with van der Waals surface area (Å²) in [5.41, 5.74) is 3.39. The number of hydrogen-bond donors (Lipinski definition) is 0. The molecule has 0 unspecified atom stereocenters. The van der Waals surface area contributed by atoms with Gasteiger partial charge < -0.3 is 0 Å². The van der Waals surface area contributed by atoms with Gasteiger partial charge in [0.15, 0.2) is 5.69 Å². The van der Waals surface area contributed by atoms with E-state index < -0.39 is 0 Å². The molecule has 0 radical (unpaired) electrons. The van der Waals surface area contributed by atoms with E-state index in [1.54, 1.807) is 0 Å². The summed E-state index contributed by atoms with van der Waals surface area (Å²) in [6.45, 7) is 11.2. The van der Waals surface area contributed by atoms with Crippen molar-refractivity contribution in [3.05, 3.63) is 53.4 Å². The van der Waals surface area contributed by atoms with Gasteiger partial charge in [0, 0.05) is 11.0 Å². The van der Waals surface area contributed by atoms with E-state index in [1.165, 1.54) is 36.8 Å². The Morgan fingerprint density at radius 1 is 1.29 bits per heavy atom. The Kier molecular flexibility index (Phi) is 4.28. The van der Waals surface area contributed by atoms with Crippen molar-refractivity contribution in [1.29, 1.82) is 0 Å². The summed E-state index contributed by atoms with van der Waals surface area (Å²) in [5.74, 6) is 0.968. The van der Waals surface area contributed by atoms with Crippen LogP contribution in [0.5, 0.6) is 0 Å². The molecule has 0 N–H and O–H groups in total. The first kappa shape index (κ1) is 12.3. The zero-order chi connectivity index (χ0) is 12.1. The lowest BCUT2D eigenvalue weighted by Gasteiger charge is -2.22. The van der Waals surface area contributed by atoms with Crippen molar-refractivity contribution in [2.24, 2.45) is 0 Å². The molecule has 1 fully saturated rings. The number of allylic oxidation sites excluding steroid dienone is 1. The SMILES string of the molecule is [C-]#[N+]c1ccccc1CSC1CCC(=C)CC1. The Labute approximate surface area is 108 Å². The van der Waals surface area contributed by atoms with Gasteiger partial charge in [-0.05, 0) is 31.2 Å². The van der Waals surface area contributed by atoms with Crippen LogP contribution in [0.3, 0.4) is 0 Å². The minimum Gasteiger partial charge on any atom is -0.238 e. The number of rotatable bonds is 3. The van der Waals surface area contributed by atoms with Crippen molar-refractivity contribution in [2.75, 3.05) is 0 Å². The third-order valence-electron chi connectivity index (χ3n) is 3.23. The highest BCUT2D eigenvalue weighted by Gasteiger charge is 2.16. The second kappa shape index (κ2) is 5.93. The molecule has 1 aliphatic rings. The maximum absolute atomic E-state index is 7.14. The van der Waals surface area contributed by atoms with Gasteiger partial charge in [0.2, 0.25) is 0 Å². The Morgan fingerprint density at radius 2 is 2.00 bits per heavy atom. The van der Waals surface area contributed by atoms with Gasteiger partial charge in [-0.3, -0.25) is 0 Å². The van der Waals surface area contributed by atoms with Crippen LogP contribution in [-0.4, -0.2) is 5.25 Å². The molecule has 1 aliphatic carbocycles. The van der Waals surface area contributed by atoms with Crippen LogP contribution < -0.4 is 0 Å². The lowest BCUT2D eigenvalue weighted by Crippen LogP contribution is -2.09. The second-order valence-electron chi connectivity index (χ2n) is 4.50. The van der Waals surface area contributed by atoms with Crippen molar-refractivity contribution in [3.63, 3.8) is 0 Å². The molecule has 0 spiro atoms. The summed E-state index contributed by atoms with van der Waals surface area (Å²) in [4.78, 5) is 3.57. The van der Waals surface area contributed by atoms with E-state index >= 15 is 0 Å². The summed E-state index contributed by atoms with van der Waals surface area (Å²) < 4.78 is 0. The van der Waals surface area contributed by atoms with Crippen molar-refractivity contribution in [1.82, 2.24) is 0 Å². The normalized spacial score (nSPS) is 16.8. The molecule has 0 saturated heterocycles. The van der Waals surface area contributed by atoms with E-state index in [4.69, 9.17) is 6.57 Å². The minimum absolute atomic E-state index is 0.749. The Bertz CT molecular complexity index is 434. The maximum atomic E-state index is 7.14. The molecule has 2 heteroatoms. The Morgan fingerprint density at radius 3 is 2.71 bits per heavy atom. The topological polar surface area (TPSA) is 4.36 Å². The molecular formula is C15H17NS. The predicted molar refractivity (Wildman–Crippen MR) is 75.4 cm³/mol. The second-order valence-corrected chi connectivity index (χ2v) is 5.79. The molecule has 1 nitrogen and oxygen atoms in total. The molecule has 2 rings (SSSR count). The van der Waals surface area contributed by atoms with Gasteiger partial charge in [0.05, 0.1) is 6.57 Å². The summed E-state index contributed by atoms with van der Waals surface area (Å²) in [6, 6.07) is 7.94. The third kappa shape index (κ3) is 3.38. The summed E-state index contributed by atoms with van der Waals surface area (Å²) in [6.07, 6.45) is 4.87. The largest absolute Gasteiger partial charge is 0.238 e. The summed E-state index contributed by atoms with van der Waals surface area (Å²) in [7, 11) is 0. The van der Waals surface area contributed by atoms with Gasteiger partial charge in [-0.1, -0.05) is 36.4 Å². The molecule has 17 heavy (non-hydrogen) atoms. The number of para-hydroxylation sites is 1. The molecule has 0 heterocycles. The van der Waals surface area contributed by atoms with Gasteiger partial charge in [-0.15, -0.1) is 0 Å². The molecule has 0 aliphatic heterocycles. The molecular weight excluding hydrogens is 226 g/mol. The lowest BCUT2D eigenvalue weighted by atomic mass is 9.96. The van der Waals surface area contributed by atoms with Crippen LogP contribution in [-0.2, 0) is 5.75 Å². The maximum Gasteiger partial charge on any atom is 0.191 e. The van der Waals surface area contributed by atoms with Crippen molar-refractivity contribution in [3.8, 4) is 0 Å². The monoisotopic (exact) mass is 243 g/mol. The van der Waals surface area contributed by atoms with E-state index in [0.717, 1.165) is 16.7 Å². The highest BCUT2D eigenvalue weighted by Crippen LogP contribution is 2.34. The first-order valence-electron chi connectivity index (χ1n) is 6.03. The average Bonchev–Trinajstić information content (AvgIpc) is 2.38. The molecule has 0 amide bonds. The molecule has 1 aromatic rings. The van der Waals surface area contributed by atoms with Crippen LogP contribution >= 0.6 is 11.8 Å². The molecule has 1 saturated carbocycles. The van der Waals surface area contributed by atoms with Gasteiger partial charge >= 0.3 is 0 Å². The average molecular weight is 243 g/mol. The molecule has 0 atom stereocenters. The number of nitrogens with zero attached hydrogens (tertiary/aromatic N) is 1. The first-order valence-corrected chi connectivity index (χ1v) is 7.08. The van der Waals surface area contributed by atoms with E-state index in [1.807, 2.05) is 30.0 Å². The summed E-state index contributed by atoms with van der Waals surface area (Å²) >= 11 is 2.00. The van der Waals surface area contributed by atoms with Crippen molar-refractivity contribution >= 4 is 17.4 Å². The van der Waals surface area contributed by atoms with Gasteiger partial charge in [-0.2, -0.15) is 11.8 Å². The standard InChI is InChI=1S/C15H17NS/c1-12-7-9-14(10-8-12)17-11-13-5-3-4-6-15(13)16-2/h3-6,14H,1,7-11H2. The van der Waals surface area contributed by atoms with Crippen LogP contribution in [0.1, 0.15) is 31.2 Å². The number of hydrogen-bond acceptors (Lipinski definition) is 1. The highest BCUT2D eigenvalue weighted by atomic mass is 32.2. The van der Waals surface area contributed by atoms with E-state index in [9.17, 15) is 0 Å². The van der Waals surface area contributed by atoms with E-state index in [2.05, 4.69) is 17.5 Å². The van der Waals surface area contributed by atoms with E-state index in [0.29, 0.717) is 0 Å². The number of benzene rings is 1. The number of thioether (sulfide) groups is 1. The van der Waals surface area contributed by atoms with Crippen LogP contribution in [0.4, 0.5) is 5.69 Å². The fourth-order valence-corrected chi connectivity index (χ4v) is 3.34. The molecule has 88 valence electrons. The third-order valence-corrected chi connectivity index (χ3v) is 4.65. The molecule has 0 aromatic heterocycles. The van der Waals surface area contributed by atoms with Gasteiger partial charge in [0.25, 0.3) is 0 Å². The van der Waals surface area contributed by atoms with Crippen LogP contribution in [0, 0.1) is 6.57 Å². The van der Waals surface area contributed by atoms with Gasteiger partial charge in [0.1, 0.15) is 0 Å². The Hall–Kier alpha value is -1.20. The first-order chi connectivity index (χ1) is 8.29. The van der Waals surface area contributed by atoms with Gasteiger partial charge in [-0.25, -0.2) is 4.85 Å². The summed E-state index contributed by atoms with van der Waals surface area (Å²) in [5, 5.41) is 0.749. The van der Waals surface area contributed by atoms with Crippen LogP contribution in [0.25, 0.3) is 4.85 Å². The van der Waals surface area contributed by atoms with Crippen molar-refractivity contribution < 1.29 is 0 Å². The highest BCUT2D eigenvalue weighted by molar-refractivity contribution is 7.99.